The second-order valence-electron chi connectivity index (χ2n) is 2.72. The number of carbonyl (C=O) groups is 1. The van der Waals surface area contributed by atoms with Gasteiger partial charge < -0.3 is 14.9 Å². The molecule has 0 bridgehead atoms. The Bertz CT molecular complexity index is 283. The van der Waals surface area contributed by atoms with Gasteiger partial charge in [-0.05, 0) is 5.56 Å². The van der Waals surface area contributed by atoms with Crippen molar-refractivity contribution in [2.24, 2.45) is 0 Å². The van der Waals surface area contributed by atoms with Crippen molar-refractivity contribution in [2.75, 3.05) is 13.2 Å². The average Bonchev–Trinajstić information content (AvgIpc) is 2.19. The first-order valence-electron chi connectivity index (χ1n) is 4.26. The van der Waals surface area contributed by atoms with Crippen LogP contribution in [-0.2, 0) is 9.53 Å². The molecule has 1 atom stereocenters. The number of aliphatic hydroxyl groups is 1. The summed E-state index contributed by atoms with van der Waals surface area (Å²) in [6.07, 6.45) is -0.997. The van der Waals surface area contributed by atoms with Crippen LogP contribution in [0.25, 0.3) is 0 Å². The molecule has 0 saturated heterocycles. The van der Waals surface area contributed by atoms with Gasteiger partial charge in [0.05, 0.1) is 13.2 Å². The topological polar surface area (TPSA) is 66.8 Å². The standard InChI is InChI=1S/C10H12O4/c11-6-7-14-9(10(12)13)8-4-2-1-3-5-8/h1-5,9,11H,6-7H2,(H,12,13)/t9-/m1/s1. The van der Waals surface area contributed by atoms with Crippen LogP contribution in [0.4, 0.5) is 0 Å². The molecule has 0 amide bonds. The fourth-order valence-electron chi connectivity index (χ4n) is 1.11. The maximum Gasteiger partial charge on any atom is 0.337 e. The van der Waals surface area contributed by atoms with Crippen LogP contribution in [0.15, 0.2) is 30.3 Å². The largest absolute Gasteiger partial charge is 0.479 e. The van der Waals surface area contributed by atoms with Crippen LogP contribution in [0, 0.1) is 0 Å². The Morgan fingerprint density at radius 1 is 1.36 bits per heavy atom. The molecule has 4 heteroatoms. The van der Waals surface area contributed by atoms with Gasteiger partial charge >= 0.3 is 5.97 Å². The smallest absolute Gasteiger partial charge is 0.337 e. The summed E-state index contributed by atoms with van der Waals surface area (Å²) in [7, 11) is 0. The SMILES string of the molecule is O=C(O)[C@H](OCCO)c1ccccc1. The molecule has 0 fully saturated rings. The minimum Gasteiger partial charge on any atom is -0.479 e. The van der Waals surface area contributed by atoms with E-state index in [1.54, 1.807) is 30.3 Å². The highest BCUT2D eigenvalue weighted by Gasteiger charge is 2.19. The third kappa shape index (κ3) is 2.83. The molecule has 0 aliphatic carbocycles. The lowest BCUT2D eigenvalue weighted by molar-refractivity contribution is -0.151. The Balaban J connectivity index is 2.73. The molecule has 0 heterocycles. The molecule has 4 nitrogen and oxygen atoms in total. The van der Waals surface area contributed by atoms with E-state index in [2.05, 4.69) is 0 Å². The van der Waals surface area contributed by atoms with Crippen molar-refractivity contribution in [2.45, 2.75) is 6.10 Å². The number of benzene rings is 1. The summed E-state index contributed by atoms with van der Waals surface area (Å²) in [5.74, 6) is -1.05. The quantitative estimate of drug-likeness (QED) is 0.731. The van der Waals surface area contributed by atoms with E-state index in [4.69, 9.17) is 14.9 Å². The number of carboxylic acids is 1. The third-order valence-electron chi connectivity index (χ3n) is 1.70. The van der Waals surface area contributed by atoms with E-state index in [9.17, 15) is 4.79 Å². The molecule has 0 radical (unpaired) electrons. The molecule has 14 heavy (non-hydrogen) atoms. The fourth-order valence-corrected chi connectivity index (χ4v) is 1.11. The minimum absolute atomic E-state index is 0.0197. The number of ether oxygens (including phenoxy) is 1. The molecule has 1 aromatic rings. The number of carboxylic acid groups (broad SMARTS) is 1. The zero-order valence-corrected chi connectivity index (χ0v) is 7.59. The summed E-state index contributed by atoms with van der Waals surface area (Å²) in [4.78, 5) is 10.8. The van der Waals surface area contributed by atoms with Gasteiger partial charge in [-0.2, -0.15) is 0 Å². The Morgan fingerprint density at radius 2 is 2.00 bits per heavy atom. The lowest BCUT2D eigenvalue weighted by Gasteiger charge is -2.12. The Morgan fingerprint density at radius 3 is 2.50 bits per heavy atom. The van der Waals surface area contributed by atoms with Crippen molar-refractivity contribution in [3.05, 3.63) is 35.9 Å². The van der Waals surface area contributed by atoms with Crippen molar-refractivity contribution >= 4 is 5.97 Å². The predicted molar refractivity (Wildman–Crippen MR) is 49.9 cm³/mol. The van der Waals surface area contributed by atoms with Crippen molar-refractivity contribution < 1.29 is 19.7 Å². The predicted octanol–water partition coefficient (Wildman–Crippen LogP) is 0.821. The summed E-state index contributed by atoms with van der Waals surface area (Å²) < 4.78 is 4.99. The van der Waals surface area contributed by atoms with Crippen LogP contribution < -0.4 is 0 Å². The molecular formula is C10H12O4. The van der Waals surface area contributed by atoms with Gasteiger partial charge in [0.15, 0.2) is 6.10 Å². The molecule has 1 aromatic carbocycles. The van der Waals surface area contributed by atoms with Gasteiger partial charge in [0.25, 0.3) is 0 Å². The molecule has 0 saturated carbocycles. The minimum atomic E-state index is -1.05. The van der Waals surface area contributed by atoms with Crippen LogP contribution >= 0.6 is 0 Å². The number of rotatable bonds is 5. The van der Waals surface area contributed by atoms with Gasteiger partial charge in [-0.1, -0.05) is 30.3 Å². The number of aliphatic carboxylic acids is 1. The first-order valence-corrected chi connectivity index (χ1v) is 4.26. The van der Waals surface area contributed by atoms with Crippen LogP contribution in [0.2, 0.25) is 0 Å². The Kier molecular flexibility index (Phi) is 4.10. The van der Waals surface area contributed by atoms with E-state index in [0.717, 1.165) is 0 Å². The van der Waals surface area contributed by atoms with E-state index in [1.165, 1.54) is 0 Å². The van der Waals surface area contributed by atoms with Crippen LogP contribution in [0.1, 0.15) is 11.7 Å². The molecule has 1 rings (SSSR count). The monoisotopic (exact) mass is 196 g/mol. The summed E-state index contributed by atoms with van der Waals surface area (Å²) in [5.41, 5.74) is 0.577. The van der Waals surface area contributed by atoms with Crippen molar-refractivity contribution in [3.8, 4) is 0 Å². The first-order chi connectivity index (χ1) is 6.75. The summed E-state index contributed by atoms with van der Waals surface area (Å²) in [6.45, 7) is -0.164. The average molecular weight is 196 g/mol. The third-order valence-corrected chi connectivity index (χ3v) is 1.70. The van der Waals surface area contributed by atoms with E-state index in [-0.39, 0.29) is 13.2 Å². The second-order valence-corrected chi connectivity index (χ2v) is 2.72. The molecule has 0 aliphatic heterocycles. The number of hydrogen-bond acceptors (Lipinski definition) is 3. The maximum atomic E-state index is 10.8. The first kappa shape index (κ1) is 10.7. The van der Waals surface area contributed by atoms with Crippen molar-refractivity contribution in [1.82, 2.24) is 0 Å². The second kappa shape index (κ2) is 5.36. The van der Waals surface area contributed by atoms with Crippen LogP contribution in [0.5, 0.6) is 0 Å². The highest BCUT2D eigenvalue weighted by molar-refractivity contribution is 5.74. The lowest BCUT2D eigenvalue weighted by atomic mass is 10.1. The van der Waals surface area contributed by atoms with Gasteiger partial charge in [-0.25, -0.2) is 4.79 Å². The molecule has 2 N–H and O–H groups in total. The maximum absolute atomic E-state index is 10.8. The molecule has 0 aliphatic rings. The zero-order valence-electron chi connectivity index (χ0n) is 7.59. The van der Waals surface area contributed by atoms with Crippen molar-refractivity contribution in [1.29, 1.82) is 0 Å². The van der Waals surface area contributed by atoms with Gasteiger partial charge in [-0.15, -0.1) is 0 Å². The molecule has 0 aromatic heterocycles. The van der Waals surface area contributed by atoms with E-state index >= 15 is 0 Å². The van der Waals surface area contributed by atoms with Crippen LogP contribution in [0.3, 0.4) is 0 Å². The highest BCUT2D eigenvalue weighted by atomic mass is 16.5. The van der Waals surface area contributed by atoms with E-state index in [1.807, 2.05) is 0 Å². The van der Waals surface area contributed by atoms with Gasteiger partial charge in [-0.3, -0.25) is 0 Å². The van der Waals surface area contributed by atoms with Crippen molar-refractivity contribution in [3.63, 3.8) is 0 Å². The van der Waals surface area contributed by atoms with Crippen LogP contribution in [-0.4, -0.2) is 29.4 Å². The fraction of sp³-hybridized carbons (Fsp3) is 0.300. The normalized spacial score (nSPS) is 12.4. The number of aliphatic hydroxyl groups excluding tert-OH is 1. The molecule has 0 unspecified atom stereocenters. The van der Waals surface area contributed by atoms with Gasteiger partial charge in [0.1, 0.15) is 0 Å². The summed E-state index contributed by atoms with van der Waals surface area (Å²) in [6, 6.07) is 8.64. The van der Waals surface area contributed by atoms with E-state index < -0.39 is 12.1 Å². The zero-order chi connectivity index (χ0) is 10.4. The lowest BCUT2D eigenvalue weighted by Crippen LogP contribution is -2.17. The Hall–Kier alpha value is -1.39. The van der Waals surface area contributed by atoms with Gasteiger partial charge in [0, 0.05) is 0 Å². The number of hydrogen-bond donors (Lipinski definition) is 2. The van der Waals surface area contributed by atoms with Gasteiger partial charge in [0.2, 0.25) is 0 Å². The molecular weight excluding hydrogens is 184 g/mol. The highest BCUT2D eigenvalue weighted by Crippen LogP contribution is 2.16. The summed E-state index contributed by atoms with van der Waals surface area (Å²) >= 11 is 0. The molecule has 0 spiro atoms. The Labute approximate surface area is 81.8 Å². The summed E-state index contributed by atoms with van der Waals surface area (Å²) in [5, 5.41) is 17.4. The van der Waals surface area contributed by atoms with E-state index in [0.29, 0.717) is 5.56 Å². The molecule has 76 valence electrons.